The van der Waals surface area contributed by atoms with Crippen LogP contribution in [-0.2, 0) is 4.74 Å². The van der Waals surface area contributed by atoms with E-state index in [0.29, 0.717) is 0 Å². The second kappa shape index (κ2) is 2.84. The quantitative estimate of drug-likeness (QED) is 0.642. The van der Waals surface area contributed by atoms with Crippen molar-refractivity contribution in [2.24, 2.45) is 11.1 Å². The Balaban J connectivity index is 4.33. The van der Waals surface area contributed by atoms with Crippen LogP contribution in [0.15, 0.2) is 0 Å². The summed E-state index contributed by atoms with van der Waals surface area (Å²) in [6.07, 6.45) is 0. The average molecular weight is 149 g/mol. The fourth-order valence-electron chi connectivity index (χ4n) is 0.696. The van der Waals surface area contributed by atoms with Crippen molar-refractivity contribution < 1.29 is 9.13 Å². The third-order valence-corrected chi connectivity index (χ3v) is 1.71. The van der Waals surface area contributed by atoms with Crippen LogP contribution < -0.4 is 5.73 Å². The van der Waals surface area contributed by atoms with Crippen molar-refractivity contribution in [3.05, 3.63) is 0 Å². The maximum atomic E-state index is 13.4. The van der Waals surface area contributed by atoms with E-state index in [-0.39, 0.29) is 6.54 Å². The highest BCUT2D eigenvalue weighted by Crippen LogP contribution is 2.33. The van der Waals surface area contributed by atoms with E-state index >= 15 is 0 Å². The third-order valence-electron chi connectivity index (χ3n) is 1.71. The Morgan fingerprint density at radius 2 is 1.80 bits per heavy atom. The van der Waals surface area contributed by atoms with E-state index < -0.39 is 11.3 Å². The number of methoxy groups -OCH3 is 1. The zero-order valence-electron chi connectivity index (χ0n) is 7.07. The van der Waals surface area contributed by atoms with Gasteiger partial charge in [0.1, 0.15) is 0 Å². The molecule has 0 bridgehead atoms. The Kier molecular flexibility index (Phi) is 2.80. The molecule has 62 valence electrons. The molecule has 0 saturated heterocycles. The highest BCUT2D eigenvalue weighted by molar-refractivity contribution is 4.82. The van der Waals surface area contributed by atoms with Gasteiger partial charge in [0, 0.05) is 12.5 Å². The number of rotatable bonds is 2. The Morgan fingerprint density at radius 3 is 1.80 bits per heavy atom. The summed E-state index contributed by atoms with van der Waals surface area (Å²) >= 11 is 0. The molecule has 0 aliphatic carbocycles. The number of hydrogen-bond acceptors (Lipinski definition) is 2. The highest BCUT2D eigenvalue weighted by Gasteiger charge is 2.41. The fraction of sp³-hybridized carbons (Fsp3) is 1.00. The first-order valence-corrected chi connectivity index (χ1v) is 3.31. The Hall–Kier alpha value is -0.150. The second-order valence-corrected chi connectivity index (χ2v) is 3.39. The lowest BCUT2D eigenvalue weighted by Gasteiger charge is -2.34. The van der Waals surface area contributed by atoms with Crippen molar-refractivity contribution >= 4 is 0 Å². The number of alkyl halides is 1. The van der Waals surface area contributed by atoms with Crippen LogP contribution in [0.5, 0.6) is 0 Å². The van der Waals surface area contributed by atoms with E-state index in [1.807, 2.05) is 0 Å². The molecule has 0 heterocycles. The van der Waals surface area contributed by atoms with Crippen molar-refractivity contribution in [1.82, 2.24) is 0 Å². The first-order chi connectivity index (χ1) is 4.37. The molecule has 0 fully saturated rings. The highest BCUT2D eigenvalue weighted by atomic mass is 19.2. The number of hydrogen-bond donors (Lipinski definition) is 1. The smallest absolute Gasteiger partial charge is 0.226 e. The molecular formula is C7H16FNO. The number of nitrogens with two attached hydrogens (primary N) is 1. The molecule has 0 rings (SSSR count). The van der Waals surface area contributed by atoms with Gasteiger partial charge in [-0.25, -0.2) is 4.39 Å². The van der Waals surface area contributed by atoms with E-state index in [1.165, 1.54) is 7.11 Å². The van der Waals surface area contributed by atoms with Gasteiger partial charge in [-0.1, -0.05) is 20.8 Å². The molecule has 0 radical (unpaired) electrons. The standard InChI is InChI=1S/C7H16FNO/c1-6(2,3)7(8,5-9)10-4/h5,9H2,1-4H3. The molecule has 10 heavy (non-hydrogen) atoms. The monoisotopic (exact) mass is 149 g/mol. The normalized spacial score (nSPS) is 18.6. The van der Waals surface area contributed by atoms with Gasteiger partial charge in [0.05, 0.1) is 6.54 Å². The van der Waals surface area contributed by atoms with Gasteiger partial charge >= 0.3 is 0 Å². The molecule has 0 saturated carbocycles. The third kappa shape index (κ3) is 1.67. The molecule has 0 spiro atoms. The molecule has 0 amide bonds. The Labute approximate surface area is 61.5 Å². The summed E-state index contributed by atoms with van der Waals surface area (Å²) in [6, 6.07) is 0. The summed E-state index contributed by atoms with van der Waals surface area (Å²) in [4.78, 5) is 0. The minimum absolute atomic E-state index is 0.104. The largest absolute Gasteiger partial charge is 0.348 e. The lowest BCUT2D eigenvalue weighted by molar-refractivity contribution is -0.182. The summed E-state index contributed by atoms with van der Waals surface area (Å²) < 4.78 is 18.1. The molecule has 2 N–H and O–H groups in total. The number of halogens is 1. The van der Waals surface area contributed by atoms with Crippen LogP contribution in [0.1, 0.15) is 20.8 Å². The van der Waals surface area contributed by atoms with Gasteiger partial charge < -0.3 is 10.5 Å². The SMILES string of the molecule is COC(F)(CN)C(C)(C)C. The molecule has 1 atom stereocenters. The first-order valence-electron chi connectivity index (χ1n) is 3.31. The van der Waals surface area contributed by atoms with Gasteiger partial charge in [0.15, 0.2) is 0 Å². The second-order valence-electron chi connectivity index (χ2n) is 3.39. The Morgan fingerprint density at radius 1 is 1.40 bits per heavy atom. The topological polar surface area (TPSA) is 35.2 Å². The first kappa shape index (κ1) is 9.85. The molecule has 2 nitrogen and oxygen atoms in total. The summed E-state index contributed by atoms with van der Waals surface area (Å²) in [5, 5.41) is 0. The van der Waals surface area contributed by atoms with Crippen LogP contribution in [-0.4, -0.2) is 19.5 Å². The molecule has 0 aliphatic heterocycles. The van der Waals surface area contributed by atoms with Crippen LogP contribution in [0.2, 0.25) is 0 Å². The lowest BCUT2D eigenvalue weighted by Crippen LogP contribution is -2.46. The molecule has 1 unspecified atom stereocenters. The van der Waals surface area contributed by atoms with Crippen molar-refractivity contribution in [2.45, 2.75) is 26.6 Å². The molecule has 0 aromatic rings. The minimum Gasteiger partial charge on any atom is -0.348 e. The van der Waals surface area contributed by atoms with Gasteiger partial charge in [-0.15, -0.1) is 0 Å². The zero-order valence-corrected chi connectivity index (χ0v) is 7.07. The summed E-state index contributed by atoms with van der Waals surface area (Å²) in [6.45, 7) is 5.16. The Bertz CT molecular complexity index is 105. The van der Waals surface area contributed by atoms with E-state index in [1.54, 1.807) is 20.8 Å². The molecular weight excluding hydrogens is 133 g/mol. The van der Waals surface area contributed by atoms with Gasteiger partial charge in [0.25, 0.3) is 0 Å². The predicted molar refractivity (Wildman–Crippen MR) is 39.4 cm³/mol. The van der Waals surface area contributed by atoms with E-state index in [2.05, 4.69) is 4.74 Å². The van der Waals surface area contributed by atoms with Crippen molar-refractivity contribution in [1.29, 1.82) is 0 Å². The fourth-order valence-corrected chi connectivity index (χ4v) is 0.696. The maximum absolute atomic E-state index is 13.4. The zero-order chi connectivity index (χ0) is 8.41. The van der Waals surface area contributed by atoms with Crippen molar-refractivity contribution in [3.63, 3.8) is 0 Å². The van der Waals surface area contributed by atoms with Crippen LogP contribution in [0, 0.1) is 5.41 Å². The predicted octanol–water partition coefficient (Wildman–Crippen LogP) is 1.30. The van der Waals surface area contributed by atoms with Crippen LogP contribution >= 0.6 is 0 Å². The summed E-state index contributed by atoms with van der Waals surface area (Å²) in [5.74, 6) is -1.70. The maximum Gasteiger partial charge on any atom is 0.226 e. The average Bonchev–Trinajstić information content (AvgIpc) is 1.84. The summed E-state index contributed by atoms with van der Waals surface area (Å²) in [7, 11) is 1.33. The van der Waals surface area contributed by atoms with Crippen LogP contribution in [0.4, 0.5) is 4.39 Å². The van der Waals surface area contributed by atoms with E-state index in [9.17, 15) is 4.39 Å². The van der Waals surface area contributed by atoms with Crippen LogP contribution in [0.3, 0.4) is 0 Å². The lowest BCUT2D eigenvalue weighted by atomic mass is 9.87. The van der Waals surface area contributed by atoms with Gasteiger partial charge in [0.2, 0.25) is 5.85 Å². The van der Waals surface area contributed by atoms with Crippen LogP contribution in [0.25, 0.3) is 0 Å². The minimum atomic E-state index is -1.70. The van der Waals surface area contributed by atoms with Gasteiger partial charge in [-0.2, -0.15) is 0 Å². The number of ether oxygens (including phenoxy) is 1. The van der Waals surface area contributed by atoms with E-state index in [0.717, 1.165) is 0 Å². The molecule has 3 heteroatoms. The molecule has 0 aromatic heterocycles. The van der Waals surface area contributed by atoms with Crippen molar-refractivity contribution in [2.75, 3.05) is 13.7 Å². The van der Waals surface area contributed by atoms with E-state index in [4.69, 9.17) is 5.73 Å². The molecule has 0 aliphatic rings. The molecule has 0 aromatic carbocycles. The van der Waals surface area contributed by atoms with Gasteiger partial charge in [-0.05, 0) is 0 Å². The van der Waals surface area contributed by atoms with Gasteiger partial charge in [-0.3, -0.25) is 0 Å². The summed E-state index contributed by atoms with van der Waals surface area (Å²) in [5.41, 5.74) is 4.64. The van der Waals surface area contributed by atoms with Crippen molar-refractivity contribution in [3.8, 4) is 0 Å².